The summed E-state index contributed by atoms with van der Waals surface area (Å²) in [6.07, 6.45) is 1.25. The fraction of sp³-hybridized carbons (Fsp3) is 0.714. The molecule has 0 saturated carbocycles. The summed E-state index contributed by atoms with van der Waals surface area (Å²) in [7, 11) is 0. The number of nitrogens with two attached hydrogens (primary N) is 1. The van der Waals surface area contributed by atoms with Crippen LogP contribution < -0.4 is 33.8 Å². The second kappa shape index (κ2) is 11.2. The lowest BCUT2D eigenvalue weighted by molar-refractivity contribution is -0.459. The Labute approximate surface area is 158 Å². The molecular weight excluding hydrogens is 364 g/mol. The molecule has 0 aliphatic carbocycles. The Morgan fingerprint density at radius 1 is 1.35 bits per heavy atom. The molecule has 0 aromatic carbocycles. The van der Waals surface area contributed by atoms with E-state index >= 15 is 0 Å². The topological polar surface area (TPSA) is 162 Å². The monoisotopic (exact) mass is 390 g/mol. The number of hydrogen-bond acceptors (Lipinski definition) is 6. The summed E-state index contributed by atoms with van der Waals surface area (Å²) in [5, 5.41) is 18.0. The number of amides is 2. The Hall–Kier alpha value is -2.43. The predicted molar refractivity (Wildman–Crippen MR) is 90.5 cm³/mol. The Morgan fingerprint density at radius 3 is 2.58 bits per heavy atom. The molecule has 0 bridgehead atoms. The summed E-state index contributed by atoms with van der Waals surface area (Å²) in [4.78, 5) is 27.3. The van der Waals surface area contributed by atoms with Crippen molar-refractivity contribution in [2.75, 3.05) is 11.9 Å². The summed E-state index contributed by atoms with van der Waals surface area (Å²) in [5.74, 6) is 0.232. The average molecular weight is 391 g/mol. The maximum atomic E-state index is 12.3. The molecule has 26 heavy (non-hydrogen) atoms. The number of unbranched alkanes of at least 4 members (excludes halogenated alkanes) is 1. The Morgan fingerprint density at radius 2 is 2.04 bits per heavy atom. The number of hydrogen-bond donors (Lipinski definition) is 5. The van der Waals surface area contributed by atoms with Gasteiger partial charge in [0.2, 0.25) is 11.7 Å². The molecule has 0 fully saturated rings. The van der Waals surface area contributed by atoms with Crippen molar-refractivity contribution >= 4 is 23.8 Å². The summed E-state index contributed by atoms with van der Waals surface area (Å²) in [6, 6.07) is -0.781. The van der Waals surface area contributed by atoms with Gasteiger partial charge < -0.3 is 22.5 Å². The van der Waals surface area contributed by atoms with Gasteiger partial charge in [-0.05, 0) is 45.2 Å². The van der Waals surface area contributed by atoms with E-state index in [0.717, 1.165) is 6.42 Å². The molecule has 0 unspecified atom stereocenters. The van der Waals surface area contributed by atoms with Gasteiger partial charge in [-0.25, -0.2) is 4.79 Å². The molecule has 0 aliphatic rings. The number of nitrogens with zero attached hydrogens (tertiary/aromatic N) is 3. The van der Waals surface area contributed by atoms with Crippen molar-refractivity contribution in [3.8, 4) is 0 Å². The molecule has 1 atom stereocenters. The van der Waals surface area contributed by atoms with E-state index in [2.05, 4.69) is 36.3 Å². The van der Waals surface area contributed by atoms with Gasteiger partial charge in [-0.1, -0.05) is 5.10 Å². The van der Waals surface area contributed by atoms with E-state index in [9.17, 15) is 9.59 Å². The third kappa shape index (κ3) is 10.4. The number of aromatic nitrogens is 4. The van der Waals surface area contributed by atoms with E-state index in [1.807, 2.05) is 0 Å². The SMILES string of the molecule is CC(N)=[NH+]CCCC[C@H](NC(=O)OC(C)(C)C)C(=O)Nc1nn[nH]n1.[Cl-]. The van der Waals surface area contributed by atoms with Crippen LogP contribution in [0.2, 0.25) is 0 Å². The molecular formula is C14H27ClN8O3. The summed E-state index contributed by atoms with van der Waals surface area (Å²) in [5.41, 5.74) is 4.87. The van der Waals surface area contributed by atoms with Crippen LogP contribution in [-0.2, 0) is 9.53 Å². The zero-order valence-corrected chi connectivity index (χ0v) is 16.2. The number of amidine groups is 1. The Bertz CT molecular complexity index is 582. The van der Waals surface area contributed by atoms with Gasteiger partial charge in [0, 0.05) is 6.92 Å². The lowest BCUT2D eigenvalue weighted by Gasteiger charge is -2.23. The molecule has 1 heterocycles. The van der Waals surface area contributed by atoms with E-state index in [1.165, 1.54) is 0 Å². The molecule has 11 nitrogen and oxygen atoms in total. The number of aromatic amines is 1. The van der Waals surface area contributed by atoms with Crippen molar-refractivity contribution < 1.29 is 31.7 Å². The highest BCUT2D eigenvalue weighted by atomic mass is 35.5. The molecule has 0 saturated heterocycles. The molecule has 0 spiro atoms. The molecule has 0 radical (unpaired) electrons. The van der Waals surface area contributed by atoms with Gasteiger partial charge in [-0.2, -0.15) is 5.21 Å². The van der Waals surface area contributed by atoms with Gasteiger partial charge in [0.1, 0.15) is 11.6 Å². The number of carbonyl (C=O) groups excluding carboxylic acids is 2. The van der Waals surface area contributed by atoms with Gasteiger partial charge in [0.05, 0.1) is 6.54 Å². The first-order valence-corrected chi connectivity index (χ1v) is 8.04. The first-order valence-electron chi connectivity index (χ1n) is 8.04. The number of carbonyl (C=O) groups is 2. The van der Waals surface area contributed by atoms with Crippen molar-refractivity contribution in [3.05, 3.63) is 0 Å². The van der Waals surface area contributed by atoms with Crippen molar-refractivity contribution in [1.82, 2.24) is 25.9 Å². The number of rotatable bonds is 8. The lowest BCUT2D eigenvalue weighted by Crippen LogP contribution is -3.00. The largest absolute Gasteiger partial charge is 1.00 e. The maximum Gasteiger partial charge on any atom is 0.408 e. The number of tetrazole rings is 1. The van der Waals surface area contributed by atoms with Crippen molar-refractivity contribution in [1.29, 1.82) is 0 Å². The van der Waals surface area contributed by atoms with Crippen LogP contribution in [0.3, 0.4) is 0 Å². The van der Waals surface area contributed by atoms with Crippen LogP contribution >= 0.6 is 0 Å². The summed E-state index contributed by atoms with van der Waals surface area (Å²) in [6.45, 7) is 7.70. The molecule has 12 heteroatoms. The quantitative estimate of drug-likeness (QED) is 0.170. The number of ether oxygens (including phenoxy) is 1. The highest BCUT2D eigenvalue weighted by Gasteiger charge is 2.24. The predicted octanol–water partition coefficient (Wildman–Crippen LogP) is -4.34. The van der Waals surface area contributed by atoms with E-state index in [0.29, 0.717) is 25.2 Å². The molecule has 1 aromatic heterocycles. The van der Waals surface area contributed by atoms with E-state index < -0.39 is 23.6 Å². The van der Waals surface area contributed by atoms with Gasteiger partial charge in [-0.15, -0.1) is 5.10 Å². The Balaban J connectivity index is 0.00000625. The van der Waals surface area contributed by atoms with Gasteiger partial charge in [0.25, 0.3) is 5.95 Å². The van der Waals surface area contributed by atoms with Gasteiger partial charge in [-0.3, -0.25) is 20.8 Å². The molecule has 148 valence electrons. The van der Waals surface area contributed by atoms with Gasteiger partial charge in [0.15, 0.2) is 0 Å². The van der Waals surface area contributed by atoms with Crippen LogP contribution in [0.25, 0.3) is 0 Å². The van der Waals surface area contributed by atoms with Crippen LogP contribution in [0.4, 0.5) is 10.7 Å². The smallest absolute Gasteiger partial charge is 0.408 e. The first kappa shape index (κ1) is 23.6. The maximum absolute atomic E-state index is 12.3. The standard InChI is InChI=1S/C14H26N8O3.ClH/c1-9(15)16-8-6-5-7-10(17-13(24)25-14(2,3)4)11(23)18-12-19-21-22-20-12;/h10H,5-8H2,1-4H3,(H2,15,16)(H,17,24)(H2,18,19,20,21,22,23);1H/t10-;/m0./s1. The lowest BCUT2D eigenvalue weighted by atomic mass is 10.1. The fourth-order valence-corrected chi connectivity index (χ4v) is 1.89. The number of alkyl carbamates (subject to hydrolysis) is 1. The van der Waals surface area contributed by atoms with Crippen LogP contribution in [-0.4, -0.2) is 56.6 Å². The average Bonchev–Trinajstić information content (AvgIpc) is 2.96. The highest BCUT2D eigenvalue weighted by molar-refractivity contribution is 5.95. The molecule has 0 aliphatic heterocycles. The van der Waals surface area contributed by atoms with Crippen LogP contribution in [0.5, 0.6) is 0 Å². The third-order valence-electron chi connectivity index (χ3n) is 2.91. The van der Waals surface area contributed by atoms with Crippen LogP contribution in [0.15, 0.2) is 0 Å². The minimum atomic E-state index is -0.781. The Kier molecular flexibility index (Phi) is 10.2. The molecule has 6 N–H and O–H groups in total. The molecule has 1 rings (SSSR count). The first-order chi connectivity index (χ1) is 11.7. The number of nitrogens with one attached hydrogen (secondary N) is 4. The number of halogens is 1. The highest BCUT2D eigenvalue weighted by Crippen LogP contribution is 2.09. The van der Waals surface area contributed by atoms with E-state index in [1.54, 1.807) is 27.7 Å². The second-order valence-electron chi connectivity index (χ2n) is 6.53. The second-order valence-corrected chi connectivity index (χ2v) is 6.53. The zero-order valence-electron chi connectivity index (χ0n) is 15.4. The van der Waals surface area contributed by atoms with E-state index in [-0.39, 0.29) is 18.4 Å². The molecule has 1 aromatic rings. The van der Waals surface area contributed by atoms with Crippen molar-refractivity contribution in [2.45, 2.75) is 58.6 Å². The van der Waals surface area contributed by atoms with Crippen molar-refractivity contribution in [2.24, 2.45) is 5.73 Å². The molecule has 2 amide bonds. The zero-order chi connectivity index (χ0) is 18.9. The third-order valence-corrected chi connectivity index (χ3v) is 2.91. The minimum Gasteiger partial charge on any atom is -1.00 e. The van der Waals surface area contributed by atoms with E-state index in [4.69, 9.17) is 10.5 Å². The number of anilines is 1. The minimum absolute atomic E-state index is 0. The fourth-order valence-electron chi connectivity index (χ4n) is 1.89. The summed E-state index contributed by atoms with van der Waals surface area (Å²) >= 11 is 0. The number of H-pyrrole nitrogens is 1. The van der Waals surface area contributed by atoms with Gasteiger partial charge >= 0.3 is 6.09 Å². The van der Waals surface area contributed by atoms with Crippen LogP contribution in [0.1, 0.15) is 47.0 Å². The summed E-state index contributed by atoms with van der Waals surface area (Å²) < 4.78 is 5.20. The van der Waals surface area contributed by atoms with Crippen molar-refractivity contribution in [3.63, 3.8) is 0 Å². The van der Waals surface area contributed by atoms with Crippen LogP contribution in [0, 0.1) is 0 Å². The normalized spacial score (nSPS) is 12.7.